The Balaban J connectivity index is 3.21. The van der Waals surface area contributed by atoms with Crippen LogP contribution in [0.15, 0.2) is 23.1 Å². The van der Waals surface area contributed by atoms with Crippen LogP contribution >= 0.6 is 0 Å². The Labute approximate surface area is 120 Å². The molecule has 20 heavy (non-hydrogen) atoms. The number of aryl methyl sites for hydroxylation is 1. The maximum atomic E-state index is 12.5. The molecule has 0 spiro atoms. The summed E-state index contributed by atoms with van der Waals surface area (Å²) in [6.45, 7) is 5.20. The lowest BCUT2D eigenvalue weighted by Crippen LogP contribution is -2.46. The van der Waals surface area contributed by atoms with Crippen LogP contribution < -0.4 is 4.72 Å². The van der Waals surface area contributed by atoms with Crippen molar-refractivity contribution in [1.29, 1.82) is 5.26 Å². The molecule has 0 aliphatic rings. The lowest BCUT2D eigenvalue weighted by Gasteiger charge is -2.28. The average Bonchev–Trinajstić information content (AvgIpc) is 2.38. The van der Waals surface area contributed by atoms with Gasteiger partial charge in [0.15, 0.2) is 0 Å². The van der Waals surface area contributed by atoms with Crippen molar-refractivity contribution in [3.63, 3.8) is 0 Å². The van der Waals surface area contributed by atoms with Crippen LogP contribution in [0.4, 0.5) is 0 Å². The third-order valence-corrected chi connectivity index (χ3v) is 5.21. The third kappa shape index (κ3) is 3.79. The van der Waals surface area contributed by atoms with Gasteiger partial charge in [-0.05, 0) is 44.4 Å². The van der Waals surface area contributed by atoms with Gasteiger partial charge in [-0.15, -0.1) is 0 Å². The molecule has 0 radical (unpaired) electrons. The van der Waals surface area contributed by atoms with E-state index in [1.54, 1.807) is 26.0 Å². The monoisotopic (exact) mass is 296 g/mol. The zero-order chi connectivity index (χ0) is 15.4. The van der Waals surface area contributed by atoms with E-state index in [1.807, 2.05) is 13.0 Å². The number of aliphatic hydroxyl groups excluding tert-OH is 1. The molecule has 1 unspecified atom stereocenters. The Morgan fingerprint density at radius 2 is 2.10 bits per heavy atom. The van der Waals surface area contributed by atoms with E-state index in [0.29, 0.717) is 24.0 Å². The molecule has 1 aromatic carbocycles. The average molecular weight is 296 g/mol. The highest BCUT2D eigenvalue weighted by atomic mass is 32.2. The van der Waals surface area contributed by atoms with E-state index in [0.717, 1.165) is 0 Å². The van der Waals surface area contributed by atoms with E-state index in [9.17, 15) is 8.42 Å². The maximum Gasteiger partial charge on any atom is 0.241 e. The molecule has 1 rings (SSSR count). The Morgan fingerprint density at radius 3 is 2.60 bits per heavy atom. The zero-order valence-corrected chi connectivity index (χ0v) is 12.8. The standard InChI is InChI=1S/C14H20N2O3S/c1-4-14(3,7-8-17)16-20(18,19)13-9-12(10-15)6-5-11(13)2/h5-6,9,16-17H,4,7-8H2,1-3H3. The fraction of sp³-hybridized carbons (Fsp3) is 0.500. The quantitative estimate of drug-likeness (QED) is 0.836. The van der Waals surface area contributed by atoms with Gasteiger partial charge >= 0.3 is 0 Å². The SMILES string of the molecule is CCC(C)(CCO)NS(=O)(=O)c1cc(C#N)ccc1C. The van der Waals surface area contributed by atoms with Crippen molar-refractivity contribution in [2.24, 2.45) is 0 Å². The van der Waals surface area contributed by atoms with E-state index in [-0.39, 0.29) is 11.5 Å². The summed E-state index contributed by atoms with van der Waals surface area (Å²) in [7, 11) is -3.73. The van der Waals surface area contributed by atoms with Crippen LogP contribution in [0.3, 0.4) is 0 Å². The second-order valence-corrected chi connectivity index (χ2v) is 6.74. The van der Waals surface area contributed by atoms with E-state index >= 15 is 0 Å². The number of hydrogen-bond donors (Lipinski definition) is 2. The molecule has 0 amide bonds. The fourth-order valence-electron chi connectivity index (χ4n) is 1.89. The summed E-state index contributed by atoms with van der Waals surface area (Å²) >= 11 is 0. The van der Waals surface area contributed by atoms with Crippen molar-refractivity contribution in [3.8, 4) is 6.07 Å². The Morgan fingerprint density at radius 1 is 1.45 bits per heavy atom. The molecule has 0 aliphatic carbocycles. The van der Waals surface area contributed by atoms with Gasteiger partial charge in [-0.3, -0.25) is 0 Å². The lowest BCUT2D eigenvalue weighted by molar-refractivity contribution is 0.233. The number of nitriles is 1. The van der Waals surface area contributed by atoms with E-state index < -0.39 is 15.6 Å². The summed E-state index contributed by atoms with van der Waals surface area (Å²) in [5.74, 6) is 0. The molecule has 0 saturated carbocycles. The van der Waals surface area contributed by atoms with Gasteiger partial charge in [0.25, 0.3) is 0 Å². The summed E-state index contributed by atoms with van der Waals surface area (Å²) in [4.78, 5) is 0.106. The lowest BCUT2D eigenvalue weighted by atomic mass is 9.97. The topological polar surface area (TPSA) is 90.2 Å². The van der Waals surface area contributed by atoms with Crippen LogP contribution in [0.5, 0.6) is 0 Å². The molecule has 1 aromatic rings. The molecule has 0 heterocycles. The smallest absolute Gasteiger partial charge is 0.241 e. The number of rotatable bonds is 6. The highest BCUT2D eigenvalue weighted by molar-refractivity contribution is 7.89. The highest BCUT2D eigenvalue weighted by Crippen LogP contribution is 2.22. The van der Waals surface area contributed by atoms with Crippen molar-refractivity contribution in [2.75, 3.05) is 6.61 Å². The number of benzene rings is 1. The summed E-state index contributed by atoms with van der Waals surface area (Å²) in [6, 6.07) is 6.50. The molecule has 2 N–H and O–H groups in total. The van der Waals surface area contributed by atoms with E-state index in [2.05, 4.69) is 4.72 Å². The first-order valence-corrected chi connectivity index (χ1v) is 7.92. The molecular formula is C14H20N2O3S. The number of hydrogen-bond acceptors (Lipinski definition) is 4. The van der Waals surface area contributed by atoms with Gasteiger partial charge in [-0.25, -0.2) is 13.1 Å². The van der Waals surface area contributed by atoms with Crippen molar-refractivity contribution in [3.05, 3.63) is 29.3 Å². The van der Waals surface area contributed by atoms with Gasteiger partial charge in [-0.1, -0.05) is 13.0 Å². The number of sulfonamides is 1. The maximum absolute atomic E-state index is 12.5. The minimum Gasteiger partial charge on any atom is -0.396 e. The highest BCUT2D eigenvalue weighted by Gasteiger charge is 2.29. The zero-order valence-electron chi connectivity index (χ0n) is 12.0. The number of nitrogens with one attached hydrogen (secondary N) is 1. The Kier molecular flexibility index (Phi) is 5.28. The van der Waals surface area contributed by atoms with Crippen LogP contribution in [0.25, 0.3) is 0 Å². The van der Waals surface area contributed by atoms with Crippen LogP contribution in [-0.4, -0.2) is 25.7 Å². The Hall–Kier alpha value is -1.42. The van der Waals surface area contributed by atoms with Crippen LogP contribution in [0.2, 0.25) is 0 Å². The van der Waals surface area contributed by atoms with Gasteiger partial charge < -0.3 is 5.11 Å². The van der Waals surface area contributed by atoms with Crippen molar-refractivity contribution in [2.45, 2.75) is 44.0 Å². The molecule has 1 atom stereocenters. The van der Waals surface area contributed by atoms with Gasteiger partial charge in [-0.2, -0.15) is 5.26 Å². The molecule has 0 aromatic heterocycles. The molecular weight excluding hydrogens is 276 g/mol. The minimum atomic E-state index is -3.73. The summed E-state index contributed by atoms with van der Waals surface area (Å²) in [6.07, 6.45) is 0.892. The first-order valence-electron chi connectivity index (χ1n) is 6.43. The summed E-state index contributed by atoms with van der Waals surface area (Å²) in [5, 5.41) is 17.9. The molecule has 5 nitrogen and oxygen atoms in total. The molecule has 0 bridgehead atoms. The first kappa shape index (κ1) is 16.6. The van der Waals surface area contributed by atoms with E-state index in [4.69, 9.17) is 10.4 Å². The van der Waals surface area contributed by atoms with Crippen molar-refractivity contribution in [1.82, 2.24) is 4.72 Å². The second kappa shape index (κ2) is 6.35. The fourth-order valence-corrected chi connectivity index (χ4v) is 3.66. The van der Waals surface area contributed by atoms with Crippen LogP contribution in [-0.2, 0) is 10.0 Å². The number of nitrogens with zero attached hydrogens (tertiary/aromatic N) is 1. The molecule has 0 aliphatic heterocycles. The molecule has 0 fully saturated rings. The van der Waals surface area contributed by atoms with Gasteiger partial charge in [0.2, 0.25) is 10.0 Å². The van der Waals surface area contributed by atoms with Crippen molar-refractivity contribution < 1.29 is 13.5 Å². The summed E-state index contributed by atoms with van der Waals surface area (Å²) in [5.41, 5.74) is 0.179. The van der Waals surface area contributed by atoms with Gasteiger partial charge in [0.05, 0.1) is 16.5 Å². The van der Waals surface area contributed by atoms with Gasteiger partial charge in [0, 0.05) is 12.1 Å². The number of aliphatic hydroxyl groups is 1. The molecule has 6 heteroatoms. The predicted octanol–water partition coefficient (Wildman–Crippen LogP) is 1.70. The first-order chi connectivity index (χ1) is 9.28. The van der Waals surface area contributed by atoms with Crippen LogP contribution in [0.1, 0.15) is 37.8 Å². The third-order valence-electron chi connectivity index (χ3n) is 3.43. The Bertz CT molecular complexity index is 620. The van der Waals surface area contributed by atoms with Gasteiger partial charge in [0.1, 0.15) is 0 Å². The molecule has 110 valence electrons. The van der Waals surface area contributed by atoms with Crippen molar-refractivity contribution >= 4 is 10.0 Å². The predicted molar refractivity (Wildman–Crippen MR) is 76.6 cm³/mol. The largest absolute Gasteiger partial charge is 0.396 e. The summed E-state index contributed by atoms with van der Waals surface area (Å²) < 4.78 is 27.6. The normalized spacial score (nSPS) is 14.6. The van der Waals surface area contributed by atoms with Crippen LogP contribution in [0, 0.1) is 18.3 Å². The van der Waals surface area contributed by atoms with E-state index in [1.165, 1.54) is 6.07 Å². The molecule has 0 saturated heterocycles. The minimum absolute atomic E-state index is 0.0932. The second-order valence-electron chi connectivity index (χ2n) is 5.09.